The Morgan fingerprint density at radius 3 is 2.52 bits per heavy atom. The molecule has 0 bridgehead atoms. The van der Waals surface area contributed by atoms with Crippen LogP contribution in [0.4, 0.5) is 5.69 Å². The van der Waals surface area contributed by atoms with Crippen LogP contribution in [0.2, 0.25) is 5.02 Å². The lowest BCUT2D eigenvalue weighted by Crippen LogP contribution is -2.24. The average Bonchev–Trinajstić information content (AvgIpc) is 2.54. The summed E-state index contributed by atoms with van der Waals surface area (Å²) in [4.78, 5) is 21.9. The fourth-order valence-corrected chi connectivity index (χ4v) is 2.88. The standard InChI is InChI=1S/C16H15ClN2O3S/c17-15-4-2-1-3-13(15)9-18-16(20)11-23-10-12-5-7-14(8-6-12)19(21)22/h1-8H,9-11H2,(H,18,20). The number of hydrogen-bond acceptors (Lipinski definition) is 4. The third-order valence-corrected chi connectivity index (χ3v) is 4.46. The van der Waals surface area contributed by atoms with Crippen LogP contribution in [-0.4, -0.2) is 16.6 Å². The van der Waals surface area contributed by atoms with Gasteiger partial charge in [-0.15, -0.1) is 11.8 Å². The van der Waals surface area contributed by atoms with Gasteiger partial charge in [0.25, 0.3) is 5.69 Å². The van der Waals surface area contributed by atoms with Gasteiger partial charge >= 0.3 is 0 Å². The smallest absolute Gasteiger partial charge is 0.269 e. The number of rotatable bonds is 7. The van der Waals surface area contributed by atoms with Gasteiger partial charge in [-0.25, -0.2) is 0 Å². The molecule has 0 fully saturated rings. The van der Waals surface area contributed by atoms with Gasteiger partial charge in [-0.3, -0.25) is 14.9 Å². The van der Waals surface area contributed by atoms with Crippen LogP contribution in [-0.2, 0) is 17.1 Å². The first-order chi connectivity index (χ1) is 11.1. The van der Waals surface area contributed by atoms with Gasteiger partial charge in [-0.2, -0.15) is 0 Å². The molecule has 0 spiro atoms. The first-order valence-electron chi connectivity index (χ1n) is 6.87. The maximum Gasteiger partial charge on any atom is 0.269 e. The molecule has 0 radical (unpaired) electrons. The number of amides is 1. The maximum atomic E-state index is 11.8. The normalized spacial score (nSPS) is 10.3. The molecule has 2 aromatic carbocycles. The first kappa shape index (κ1) is 17.3. The highest BCUT2D eigenvalue weighted by Crippen LogP contribution is 2.17. The Morgan fingerprint density at radius 1 is 1.17 bits per heavy atom. The van der Waals surface area contributed by atoms with Crippen molar-refractivity contribution in [3.63, 3.8) is 0 Å². The van der Waals surface area contributed by atoms with Crippen molar-refractivity contribution < 1.29 is 9.72 Å². The van der Waals surface area contributed by atoms with Crippen molar-refractivity contribution in [2.45, 2.75) is 12.3 Å². The fourth-order valence-electron chi connectivity index (χ4n) is 1.86. The molecule has 7 heteroatoms. The monoisotopic (exact) mass is 350 g/mol. The van der Waals surface area contributed by atoms with E-state index in [1.165, 1.54) is 23.9 Å². The van der Waals surface area contributed by atoms with Gasteiger partial charge in [0.15, 0.2) is 0 Å². The van der Waals surface area contributed by atoms with Crippen LogP contribution in [0.3, 0.4) is 0 Å². The SMILES string of the molecule is O=C(CSCc1ccc([N+](=O)[O-])cc1)NCc1ccccc1Cl. The highest BCUT2D eigenvalue weighted by Gasteiger charge is 2.06. The molecule has 0 aromatic heterocycles. The van der Waals surface area contributed by atoms with Crippen LogP contribution >= 0.6 is 23.4 Å². The molecule has 120 valence electrons. The Labute approximate surface area is 143 Å². The van der Waals surface area contributed by atoms with Crippen molar-refractivity contribution >= 4 is 35.0 Å². The van der Waals surface area contributed by atoms with Crippen molar-refractivity contribution in [1.82, 2.24) is 5.32 Å². The van der Waals surface area contributed by atoms with Gasteiger partial charge in [0.1, 0.15) is 0 Å². The van der Waals surface area contributed by atoms with E-state index in [2.05, 4.69) is 5.32 Å². The molecule has 1 N–H and O–H groups in total. The zero-order valence-corrected chi connectivity index (χ0v) is 13.8. The largest absolute Gasteiger partial charge is 0.351 e. The molecule has 1 amide bonds. The van der Waals surface area contributed by atoms with Crippen molar-refractivity contribution in [3.05, 3.63) is 74.8 Å². The highest BCUT2D eigenvalue weighted by atomic mass is 35.5. The second-order valence-electron chi connectivity index (χ2n) is 4.78. The molecule has 23 heavy (non-hydrogen) atoms. The summed E-state index contributed by atoms with van der Waals surface area (Å²) in [6, 6.07) is 13.7. The van der Waals surface area contributed by atoms with Crippen molar-refractivity contribution in [1.29, 1.82) is 0 Å². The average molecular weight is 351 g/mol. The van der Waals surface area contributed by atoms with E-state index < -0.39 is 4.92 Å². The van der Waals surface area contributed by atoms with Crippen LogP contribution in [0, 0.1) is 10.1 Å². The lowest BCUT2D eigenvalue weighted by atomic mass is 10.2. The number of benzene rings is 2. The summed E-state index contributed by atoms with van der Waals surface area (Å²) in [5.74, 6) is 0.871. The van der Waals surface area contributed by atoms with E-state index >= 15 is 0 Å². The third-order valence-electron chi connectivity index (χ3n) is 3.08. The van der Waals surface area contributed by atoms with Gasteiger partial charge in [-0.05, 0) is 17.2 Å². The minimum Gasteiger partial charge on any atom is -0.351 e. The van der Waals surface area contributed by atoms with Gasteiger partial charge in [0.05, 0.1) is 10.7 Å². The number of carbonyl (C=O) groups excluding carboxylic acids is 1. The Morgan fingerprint density at radius 2 is 1.87 bits per heavy atom. The lowest BCUT2D eigenvalue weighted by Gasteiger charge is -2.07. The molecule has 0 aliphatic heterocycles. The minimum atomic E-state index is -0.431. The number of non-ortho nitro benzene ring substituents is 1. The Balaban J connectivity index is 1.72. The van der Waals surface area contributed by atoms with Gasteiger partial charge in [0.2, 0.25) is 5.91 Å². The summed E-state index contributed by atoms with van der Waals surface area (Å²) in [5.41, 5.74) is 1.89. The number of nitrogens with one attached hydrogen (secondary N) is 1. The molecule has 0 saturated heterocycles. The van der Waals surface area contributed by atoms with E-state index in [0.29, 0.717) is 23.1 Å². The highest BCUT2D eigenvalue weighted by molar-refractivity contribution is 7.99. The molecule has 0 atom stereocenters. The zero-order chi connectivity index (χ0) is 16.7. The van der Waals surface area contributed by atoms with Crippen LogP contribution in [0.15, 0.2) is 48.5 Å². The molecule has 0 unspecified atom stereocenters. The van der Waals surface area contributed by atoms with Gasteiger partial charge < -0.3 is 5.32 Å². The number of carbonyl (C=O) groups is 1. The van der Waals surface area contributed by atoms with E-state index in [1.54, 1.807) is 18.2 Å². The van der Waals surface area contributed by atoms with E-state index in [9.17, 15) is 14.9 Å². The lowest BCUT2D eigenvalue weighted by molar-refractivity contribution is -0.384. The first-order valence-corrected chi connectivity index (χ1v) is 8.40. The molecular formula is C16H15ClN2O3S. The molecule has 0 aliphatic rings. The molecular weight excluding hydrogens is 336 g/mol. The Bertz CT molecular complexity index is 692. The van der Waals surface area contributed by atoms with E-state index in [-0.39, 0.29) is 11.6 Å². The molecule has 5 nitrogen and oxygen atoms in total. The van der Waals surface area contributed by atoms with Crippen LogP contribution < -0.4 is 5.32 Å². The van der Waals surface area contributed by atoms with Gasteiger partial charge in [-0.1, -0.05) is 41.9 Å². The quantitative estimate of drug-likeness (QED) is 0.609. The summed E-state index contributed by atoms with van der Waals surface area (Å²) < 4.78 is 0. The summed E-state index contributed by atoms with van der Waals surface area (Å²) in [7, 11) is 0. The molecule has 2 rings (SSSR count). The van der Waals surface area contributed by atoms with Crippen molar-refractivity contribution in [3.8, 4) is 0 Å². The van der Waals surface area contributed by atoms with Crippen LogP contribution in [0.5, 0.6) is 0 Å². The number of nitro benzene ring substituents is 1. The summed E-state index contributed by atoms with van der Waals surface area (Å²) >= 11 is 7.48. The number of hydrogen-bond donors (Lipinski definition) is 1. The number of halogens is 1. The van der Waals surface area contributed by atoms with E-state index in [1.807, 2.05) is 18.2 Å². The summed E-state index contributed by atoms with van der Waals surface area (Å²) in [5, 5.41) is 14.0. The van der Waals surface area contributed by atoms with Crippen LogP contribution in [0.1, 0.15) is 11.1 Å². The van der Waals surface area contributed by atoms with E-state index in [4.69, 9.17) is 11.6 Å². The third kappa shape index (κ3) is 5.58. The zero-order valence-electron chi connectivity index (χ0n) is 12.2. The fraction of sp³-hybridized carbons (Fsp3) is 0.188. The second-order valence-corrected chi connectivity index (χ2v) is 6.18. The maximum absolute atomic E-state index is 11.8. The molecule has 0 aliphatic carbocycles. The number of thioether (sulfide) groups is 1. The van der Waals surface area contributed by atoms with Crippen molar-refractivity contribution in [2.24, 2.45) is 0 Å². The number of nitro groups is 1. The topological polar surface area (TPSA) is 72.2 Å². The predicted octanol–water partition coefficient (Wildman–Crippen LogP) is 3.80. The molecule has 0 heterocycles. The second kappa shape index (κ2) is 8.55. The predicted molar refractivity (Wildman–Crippen MR) is 92.6 cm³/mol. The van der Waals surface area contributed by atoms with E-state index in [0.717, 1.165) is 11.1 Å². The minimum absolute atomic E-state index is 0.0660. The summed E-state index contributed by atoms with van der Waals surface area (Å²) in [6.07, 6.45) is 0. The van der Waals surface area contributed by atoms with Crippen molar-refractivity contribution in [2.75, 3.05) is 5.75 Å². The Kier molecular flexibility index (Phi) is 6.43. The molecule has 0 saturated carbocycles. The molecule has 2 aromatic rings. The Hall–Kier alpha value is -2.05. The number of nitrogens with zero attached hydrogens (tertiary/aromatic N) is 1. The summed E-state index contributed by atoms with van der Waals surface area (Å²) in [6.45, 7) is 0.399. The van der Waals surface area contributed by atoms with Crippen LogP contribution in [0.25, 0.3) is 0 Å². The van der Waals surface area contributed by atoms with Gasteiger partial charge in [0, 0.05) is 29.5 Å².